The maximum Gasteiger partial charge on any atom is 0.267 e. The van der Waals surface area contributed by atoms with Crippen LogP contribution >= 0.6 is 11.6 Å². The third-order valence-corrected chi connectivity index (χ3v) is 6.33. The van der Waals surface area contributed by atoms with E-state index in [0.29, 0.717) is 36.8 Å². The van der Waals surface area contributed by atoms with Gasteiger partial charge < -0.3 is 25.4 Å². The predicted molar refractivity (Wildman–Crippen MR) is 127 cm³/mol. The Hall–Kier alpha value is -3.69. The lowest BCUT2D eigenvalue weighted by molar-refractivity contribution is -0.134. The first kappa shape index (κ1) is 22.1. The van der Waals surface area contributed by atoms with Crippen LogP contribution in [0.5, 0.6) is 5.88 Å². The van der Waals surface area contributed by atoms with Gasteiger partial charge in [0.15, 0.2) is 0 Å². The molecule has 3 N–H and O–H groups in total. The number of fused-ring (bicyclic) bond motifs is 1. The molecule has 0 aliphatic carbocycles. The van der Waals surface area contributed by atoms with Gasteiger partial charge in [0.2, 0.25) is 5.88 Å². The predicted octanol–water partition coefficient (Wildman–Crippen LogP) is 2.51. The maximum absolute atomic E-state index is 13.1. The average molecular weight is 480 g/mol. The highest BCUT2D eigenvalue weighted by Gasteiger charge is 2.30. The van der Waals surface area contributed by atoms with Crippen LogP contribution in [0.1, 0.15) is 22.3 Å². The van der Waals surface area contributed by atoms with Gasteiger partial charge in [0.25, 0.3) is 11.8 Å². The molecule has 0 bridgehead atoms. The van der Waals surface area contributed by atoms with Crippen LogP contribution in [0.3, 0.4) is 0 Å². The average Bonchev–Trinajstić information content (AvgIpc) is 3.03. The van der Waals surface area contributed by atoms with E-state index < -0.39 is 6.10 Å². The monoisotopic (exact) mass is 479 g/mol. The lowest BCUT2D eigenvalue weighted by atomic mass is 10.0. The summed E-state index contributed by atoms with van der Waals surface area (Å²) in [6.07, 6.45) is 0.814. The van der Waals surface area contributed by atoms with Gasteiger partial charge >= 0.3 is 0 Å². The largest absolute Gasteiger partial charge is 0.475 e. The number of nitrogens with two attached hydrogens (primary N) is 1. The summed E-state index contributed by atoms with van der Waals surface area (Å²) in [5, 5.41) is 10.2. The number of aliphatic hydroxyl groups is 1. The fourth-order valence-corrected chi connectivity index (χ4v) is 4.53. The Kier molecular flexibility index (Phi) is 5.80. The van der Waals surface area contributed by atoms with E-state index in [1.54, 1.807) is 9.80 Å². The third kappa shape index (κ3) is 4.04. The molecule has 1 aromatic heterocycles. The molecule has 1 saturated heterocycles. The number of amides is 2. The van der Waals surface area contributed by atoms with E-state index in [0.717, 1.165) is 16.7 Å². The standard InChI is InChI=1S/C24H22ClN5O4/c25-18-11-14(12-29-8-7-19(31)23(29)32)1-6-17(18)15-2-4-16(5-3-15)30-9-10-34-22-20(24(30)33)21(26)27-13-28-22/h1-6,11,13,19,31H,7-10,12H2,(H2,26,27,28)/t19-/m0/s1. The van der Waals surface area contributed by atoms with Crippen LogP contribution in [0.2, 0.25) is 5.02 Å². The minimum Gasteiger partial charge on any atom is -0.475 e. The molecule has 2 amide bonds. The van der Waals surface area contributed by atoms with Crippen LogP contribution in [0.15, 0.2) is 48.8 Å². The van der Waals surface area contributed by atoms with E-state index in [1.807, 2.05) is 42.5 Å². The molecule has 0 saturated carbocycles. The highest BCUT2D eigenvalue weighted by Crippen LogP contribution is 2.32. The smallest absolute Gasteiger partial charge is 0.267 e. The number of carbonyl (C=O) groups excluding carboxylic acids is 2. The summed E-state index contributed by atoms with van der Waals surface area (Å²) in [5.74, 6) is -0.299. The van der Waals surface area contributed by atoms with Crippen molar-refractivity contribution in [2.75, 3.05) is 30.3 Å². The Morgan fingerprint density at radius 1 is 1.12 bits per heavy atom. The lowest BCUT2D eigenvalue weighted by Crippen LogP contribution is -2.32. The molecule has 10 heteroatoms. The van der Waals surface area contributed by atoms with E-state index in [9.17, 15) is 14.7 Å². The number of likely N-dealkylation sites (tertiary alicyclic amines) is 1. The summed E-state index contributed by atoms with van der Waals surface area (Å²) in [6.45, 7) is 1.56. The van der Waals surface area contributed by atoms with Crippen LogP contribution in [-0.4, -0.2) is 57.6 Å². The molecular formula is C24H22ClN5O4. The first-order chi connectivity index (χ1) is 16.4. The Morgan fingerprint density at radius 2 is 1.91 bits per heavy atom. The number of carbonyl (C=O) groups is 2. The second-order valence-electron chi connectivity index (χ2n) is 8.17. The van der Waals surface area contributed by atoms with Crippen molar-refractivity contribution in [1.29, 1.82) is 0 Å². The van der Waals surface area contributed by atoms with Gasteiger partial charge in [-0.1, -0.05) is 35.9 Å². The molecule has 2 aromatic carbocycles. The van der Waals surface area contributed by atoms with Crippen molar-refractivity contribution in [2.45, 2.75) is 19.1 Å². The maximum atomic E-state index is 13.1. The number of nitrogen functional groups attached to an aromatic ring is 1. The van der Waals surface area contributed by atoms with Crippen molar-refractivity contribution < 1.29 is 19.4 Å². The summed E-state index contributed by atoms with van der Waals surface area (Å²) >= 11 is 6.56. The molecule has 174 valence electrons. The number of nitrogens with zero attached hydrogens (tertiary/aromatic N) is 4. The molecule has 0 radical (unpaired) electrons. The van der Waals surface area contributed by atoms with E-state index in [-0.39, 0.29) is 35.7 Å². The zero-order valence-electron chi connectivity index (χ0n) is 18.1. The second-order valence-corrected chi connectivity index (χ2v) is 8.58. The minimum atomic E-state index is -0.909. The van der Waals surface area contributed by atoms with E-state index >= 15 is 0 Å². The molecule has 1 fully saturated rings. The SMILES string of the molecule is Nc1ncnc2c1C(=O)N(c1ccc(-c3ccc(CN4CC[C@H](O)C4=O)cc3Cl)cc1)CCO2. The fraction of sp³-hybridized carbons (Fsp3) is 0.250. The van der Waals surface area contributed by atoms with Crippen molar-refractivity contribution in [1.82, 2.24) is 14.9 Å². The van der Waals surface area contributed by atoms with Gasteiger partial charge in [-0.3, -0.25) is 9.59 Å². The fourth-order valence-electron chi connectivity index (χ4n) is 4.22. The van der Waals surface area contributed by atoms with Gasteiger partial charge in [-0.2, -0.15) is 0 Å². The molecule has 1 atom stereocenters. The van der Waals surface area contributed by atoms with Crippen LogP contribution in [-0.2, 0) is 11.3 Å². The minimum absolute atomic E-state index is 0.0792. The molecule has 3 aromatic rings. The van der Waals surface area contributed by atoms with Crippen molar-refractivity contribution in [3.05, 3.63) is 64.9 Å². The van der Waals surface area contributed by atoms with Crippen LogP contribution in [0, 0.1) is 0 Å². The first-order valence-electron chi connectivity index (χ1n) is 10.8. The number of benzene rings is 2. The number of halogens is 1. The molecule has 3 heterocycles. The van der Waals surface area contributed by atoms with Crippen LogP contribution < -0.4 is 15.4 Å². The van der Waals surface area contributed by atoms with Crippen molar-refractivity contribution >= 4 is 34.9 Å². The molecule has 0 spiro atoms. The van der Waals surface area contributed by atoms with Crippen molar-refractivity contribution in [2.24, 2.45) is 0 Å². The Balaban J connectivity index is 1.36. The van der Waals surface area contributed by atoms with Crippen LogP contribution in [0.25, 0.3) is 11.1 Å². The normalized spacial score (nSPS) is 18.0. The van der Waals surface area contributed by atoms with Crippen LogP contribution in [0.4, 0.5) is 11.5 Å². The van der Waals surface area contributed by atoms with Gasteiger partial charge in [-0.25, -0.2) is 9.97 Å². The van der Waals surface area contributed by atoms with Crippen molar-refractivity contribution in [3.63, 3.8) is 0 Å². The number of aromatic nitrogens is 2. The summed E-state index contributed by atoms with van der Waals surface area (Å²) < 4.78 is 5.58. The number of hydrogen-bond donors (Lipinski definition) is 2. The molecule has 2 aliphatic heterocycles. The molecular weight excluding hydrogens is 458 g/mol. The molecule has 9 nitrogen and oxygen atoms in total. The number of ether oxygens (including phenoxy) is 1. The summed E-state index contributed by atoms with van der Waals surface area (Å²) in [5.41, 5.74) is 9.36. The summed E-state index contributed by atoms with van der Waals surface area (Å²) in [6, 6.07) is 13.1. The van der Waals surface area contributed by atoms with Gasteiger partial charge in [-0.15, -0.1) is 0 Å². The van der Waals surface area contributed by atoms with Gasteiger partial charge in [0.1, 0.15) is 30.4 Å². The number of hydrogen-bond acceptors (Lipinski definition) is 7. The molecule has 34 heavy (non-hydrogen) atoms. The first-order valence-corrected chi connectivity index (χ1v) is 11.2. The number of anilines is 2. The van der Waals surface area contributed by atoms with Crippen molar-refractivity contribution in [3.8, 4) is 17.0 Å². The van der Waals surface area contributed by atoms with E-state index in [2.05, 4.69) is 9.97 Å². The van der Waals surface area contributed by atoms with Gasteiger partial charge in [0, 0.05) is 29.4 Å². The Bertz CT molecular complexity index is 1270. The molecule has 5 rings (SSSR count). The second kappa shape index (κ2) is 8.92. The zero-order valence-corrected chi connectivity index (χ0v) is 18.9. The van der Waals surface area contributed by atoms with Gasteiger partial charge in [0.05, 0.1) is 6.54 Å². The Morgan fingerprint density at radius 3 is 2.62 bits per heavy atom. The summed E-state index contributed by atoms with van der Waals surface area (Å²) in [7, 11) is 0. The number of rotatable bonds is 4. The topological polar surface area (TPSA) is 122 Å². The number of aliphatic hydroxyl groups excluding tert-OH is 1. The quantitative estimate of drug-likeness (QED) is 0.589. The zero-order chi connectivity index (χ0) is 23.8. The highest BCUT2D eigenvalue weighted by atomic mass is 35.5. The van der Waals surface area contributed by atoms with E-state index in [1.165, 1.54) is 6.33 Å². The summed E-state index contributed by atoms with van der Waals surface area (Å²) in [4.78, 5) is 36.2. The van der Waals surface area contributed by atoms with Gasteiger partial charge in [-0.05, 0) is 35.7 Å². The lowest BCUT2D eigenvalue weighted by Gasteiger charge is -2.20. The molecule has 0 unspecified atom stereocenters. The Labute approximate surface area is 200 Å². The highest BCUT2D eigenvalue weighted by molar-refractivity contribution is 6.33. The molecule has 2 aliphatic rings. The van der Waals surface area contributed by atoms with E-state index in [4.69, 9.17) is 22.1 Å². The third-order valence-electron chi connectivity index (χ3n) is 6.02.